The monoisotopic (exact) mass is 239 g/mol. The van der Waals surface area contributed by atoms with Gasteiger partial charge in [-0.1, -0.05) is 30.3 Å². The largest absolute Gasteiger partial charge is 0.398 e. The van der Waals surface area contributed by atoms with Crippen LogP contribution in [0.3, 0.4) is 0 Å². The van der Waals surface area contributed by atoms with Crippen LogP contribution in [0, 0.1) is 20.8 Å². The summed E-state index contributed by atoms with van der Waals surface area (Å²) < 4.78 is 0. The Labute approximate surface area is 107 Å². The standard InChI is InChI=1S/C16H17NO/c1-10-5-4-6-14(12(10)3)16(18)13-8-7-11(2)15(17)9-13/h4-9H,17H2,1-3H3. The van der Waals surface area contributed by atoms with Gasteiger partial charge in [0.05, 0.1) is 0 Å². The lowest BCUT2D eigenvalue weighted by Gasteiger charge is -2.09. The van der Waals surface area contributed by atoms with Crippen LogP contribution in [-0.2, 0) is 0 Å². The van der Waals surface area contributed by atoms with Crippen LogP contribution >= 0.6 is 0 Å². The Kier molecular flexibility index (Phi) is 3.19. The molecule has 0 radical (unpaired) electrons. The molecule has 0 aliphatic heterocycles. The smallest absolute Gasteiger partial charge is 0.193 e. The summed E-state index contributed by atoms with van der Waals surface area (Å²) in [6, 6.07) is 11.2. The molecule has 2 heteroatoms. The zero-order valence-electron chi connectivity index (χ0n) is 10.9. The molecule has 0 spiro atoms. The molecule has 0 fully saturated rings. The van der Waals surface area contributed by atoms with Gasteiger partial charge >= 0.3 is 0 Å². The Bertz CT molecular complexity index is 614. The Morgan fingerprint density at radius 2 is 1.72 bits per heavy atom. The van der Waals surface area contributed by atoms with Crippen LogP contribution in [0.2, 0.25) is 0 Å². The number of carbonyl (C=O) groups excluding carboxylic acids is 1. The first-order valence-corrected chi connectivity index (χ1v) is 5.97. The number of rotatable bonds is 2. The summed E-state index contributed by atoms with van der Waals surface area (Å²) in [6.07, 6.45) is 0. The zero-order valence-corrected chi connectivity index (χ0v) is 10.9. The predicted molar refractivity (Wildman–Crippen MR) is 74.9 cm³/mol. The third-order valence-electron chi connectivity index (χ3n) is 3.39. The number of anilines is 1. The van der Waals surface area contributed by atoms with Gasteiger partial charge in [-0.3, -0.25) is 4.79 Å². The van der Waals surface area contributed by atoms with Gasteiger partial charge in [-0.15, -0.1) is 0 Å². The summed E-state index contributed by atoms with van der Waals surface area (Å²) in [6.45, 7) is 5.91. The quantitative estimate of drug-likeness (QED) is 0.644. The van der Waals surface area contributed by atoms with E-state index in [1.165, 1.54) is 0 Å². The molecule has 0 heterocycles. The number of ketones is 1. The average molecular weight is 239 g/mol. The molecule has 2 aromatic carbocycles. The Balaban J connectivity index is 2.48. The second kappa shape index (κ2) is 4.65. The van der Waals surface area contributed by atoms with Crippen LogP contribution in [-0.4, -0.2) is 5.78 Å². The summed E-state index contributed by atoms with van der Waals surface area (Å²) >= 11 is 0. The van der Waals surface area contributed by atoms with Crippen LogP contribution in [0.1, 0.15) is 32.6 Å². The van der Waals surface area contributed by atoms with Gasteiger partial charge in [-0.05, 0) is 43.5 Å². The first-order chi connectivity index (χ1) is 8.50. The molecule has 0 saturated heterocycles. The summed E-state index contributed by atoms with van der Waals surface area (Å²) in [7, 11) is 0. The van der Waals surface area contributed by atoms with Gasteiger partial charge in [0.15, 0.2) is 5.78 Å². The molecule has 2 nitrogen and oxygen atoms in total. The molecule has 2 N–H and O–H groups in total. The van der Waals surface area contributed by atoms with Gasteiger partial charge in [-0.2, -0.15) is 0 Å². The van der Waals surface area contributed by atoms with Crippen molar-refractivity contribution in [2.75, 3.05) is 5.73 Å². The number of nitrogen functional groups attached to an aromatic ring is 1. The van der Waals surface area contributed by atoms with Gasteiger partial charge in [0.1, 0.15) is 0 Å². The van der Waals surface area contributed by atoms with E-state index in [0.29, 0.717) is 11.3 Å². The normalized spacial score (nSPS) is 10.4. The second-order valence-corrected chi connectivity index (χ2v) is 4.65. The minimum Gasteiger partial charge on any atom is -0.398 e. The highest BCUT2D eigenvalue weighted by Crippen LogP contribution is 2.20. The number of benzene rings is 2. The predicted octanol–water partition coefficient (Wildman–Crippen LogP) is 3.43. The van der Waals surface area contributed by atoms with Crippen molar-refractivity contribution in [3.8, 4) is 0 Å². The summed E-state index contributed by atoms with van der Waals surface area (Å²) in [5.41, 5.74) is 11.1. The third kappa shape index (κ3) is 2.14. The Morgan fingerprint density at radius 3 is 2.39 bits per heavy atom. The maximum absolute atomic E-state index is 12.4. The molecular formula is C16H17NO. The molecule has 2 rings (SSSR count). The van der Waals surface area contributed by atoms with E-state index in [4.69, 9.17) is 5.73 Å². The van der Waals surface area contributed by atoms with Crippen LogP contribution in [0.5, 0.6) is 0 Å². The molecule has 0 aromatic heterocycles. The highest BCUT2D eigenvalue weighted by molar-refractivity contribution is 6.10. The SMILES string of the molecule is Cc1ccc(C(=O)c2cccc(C)c2C)cc1N. The summed E-state index contributed by atoms with van der Waals surface area (Å²) in [4.78, 5) is 12.4. The highest BCUT2D eigenvalue weighted by Gasteiger charge is 2.13. The van der Waals surface area contributed by atoms with Crippen molar-refractivity contribution in [2.24, 2.45) is 0 Å². The lowest BCUT2D eigenvalue weighted by molar-refractivity contribution is 0.103. The minimum absolute atomic E-state index is 0.0305. The fraction of sp³-hybridized carbons (Fsp3) is 0.188. The molecule has 0 saturated carbocycles. The maximum atomic E-state index is 12.4. The van der Waals surface area contributed by atoms with E-state index in [1.54, 1.807) is 6.07 Å². The number of carbonyl (C=O) groups is 1. The van der Waals surface area contributed by atoms with Crippen molar-refractivity contribution >= 4 is 11.5 Å². The lowest BCUT2D eigenvalue weighted by Crippen LogP contribution is -2.05. The van der Waals surface area contributed by atoms with E-state index < -0.39 is 0 Å². The van der Waals surface area contributed by atoms with Gasteiger partial charge < -0.3 is 5.73 Å². The minimum atomic E-state index is 0.0305. The molecular weight excluding hydrogens is 222 g/mol. The Morgan fingerprint density at radius 1 is 1.00 bits per heavy atom. The number of hydrogen-bond donors (Lipinski definition) is 1. The van der Waals surface area contributed by atoms with E-state index in [0.717, 1.165) is 22.3 Å². The van der Waals surface area contributed by atoms with E-state index in [1.807, 2.05) is 51.1 Å². The average Bonchev–Trinajstić information content (AvgIpc) is 2.35. The van der Waals surface area contributed by atoms with Crippen LogP contribution in [0.25, 0.3) is 0 Å². The maximum Gasteiger partial charge on any atom is 0.193 e. The van der Waals surface area contributed by atoms with E-state index in [9.17, 15) is 4.79 Å². The molecule has 0 unspecified atom stereocenters. The molecule has 0 aliphatic rings. The van der Waals surface area contributed by atoms with Gasteiger partial charge in [-0.25, -0.2) is 0 Å². The number of aryl methyl sites for hydroxylation is 2. The van der Waals surface area contributed by atoms with Crippen molar-refractivity contribution in [3.63, 3.8) is 0 Å². The van der Waals surface area contributed by atoms with Crippen molar-refractivity contribution in [3.05, 3.63) is 64.2 Å². The van der Waals surface area contributed by atoms with Crippen molar-refractivity contribution < 1.29 is 4.79 Å². The molecule has 92 valence electrons. The summed E-state index contributed by atoms with van der Waals surface area (Å²) in [5, 5.41) is 0. The van der Waals surface area contributed by atoms with Crippen LogP contribution in [0.4, 0.5) is 5.69 Å². The molecule has 18 heavy (non-hydrogen) atoms. The Hall–Kier alpha value is -2.09. The van der Waals surface area contributed by atoms with Gasteiger partial charge in [0, 0.05) is 16.8 Å². The van der Waals surface area contributed by atoms with Crippen molar-refractivity contribution in [1.82, 2.24) is 0 Å². The van der Waals surface area contributed by atoms with E-state index in [2.05, 4.69) is 0 Å². The lowest BCUT2D eigenvalue weighted by atomic mass is 9.95. The van der Waals surface area contributed by atoms with Crippen molar-refractivity contribution in [2.45, 2.75) is 20.8 Å². The summed E-state index contributed by atoms with van der Waals surface area (Å²) in [5.74, 6) is 0.0305. The molecule has 0 aliphatic carbocycles. The van der Waals surface area contributed by atoms with Crippen molar-refractivity contribution in [1.29, 1.82) is 0 Å². The van der Waals surface area contributed by atoms with E-state index >= 15 is 0 Å². The molecule has 0 atom stereocenters. The fourth-order valence-corrected chi connectivity index (χ4v) is 1.93. The van der Waals surface area contributed by atoms with Crippen LogP contribution in [0.15, 0.2) is 36.4 Å². The highest BCUT2D eigenvalue weighted by atomic mass is 16.1. The van der Waals surface area contributed by atoms with E-state index in [-0.39, 0.29) is 5.78 Å². The molecule has 0 bridgehead atoms. The van der Waals surface area contributed by atoms with Crippen LogP contribution < -0.4 is 5.73 Å². The first-order valence-electron chi connectivity index (χ1n) is 5.97. The topological polar surface area (TPSA) is 43.1 Å². The first kappa shape index (κ1) is 12.4. The zero-order chi connectivity index (χ0) is 13.3. The third-order valence-corrected chi connectivity index (χ3v) is 3.39. The van der Waals surface area contributed by atoms with Gasteiger partial charge in [0.2, 0.25) is 0 Å². The number of nitrogens with two attached hydrogens (primary N) is 1. The second-order valence-electron chi connectivity index (χ2n) is 4.65. The molecule has 2 aromatic rings. The number of hydrogen-bond acceptors (Lipinski definition) is 2. The van der Waals surface area contributed by atoms with Gasteiger partial charge in [0.25, 0.3) is 0 Å². The molecule has 0 amide bonds. The fourth-order valence-electron chi connectivity index (χ4n) is 1.93.